The monoisotopic (exact) mass is 237 g/mol. The van der Waals surface area contributed by atoms with Gasteiger partial charge in [0.05, 0.1) is 7.11 Å². The second-order valence-electron chi connectivity index (χ2n) is 4.07. The van der Waals surface area contributed by atoms with Crippen LogP contribution in [0.4, 0.5) is 4.39 Å². The van der Waals surface area contributed by atoms with E-state index in [1.807, 2.05) is 0 Å². The van der Waals surface area contributed by atoms with Gasteiger partial charge in [0.15, 0.2) is 17.3 Å². The number of methoxy groups -OCH3 is 1. The van der Waals surface area contributed by atoms with Crippen molar-refractivity contribution in [3.05, 3.63) is 23.5 Å². The lowest BCUT2D eigenvalue weighted by molar-refractivity contribution is 0.243. The molecule has 0 aliphatic heterocycles. The van der Waals surface area contributed by atoms with Crippen LogP contribution in [-0.4, -0.2) is 18.3 Å². The molecule has 1 aromatic rings. The number of ether oxygens (including phenoxy) is 1. The van der Waals surface area contributed by atoms with E-state index >= 15 is 0 Å². The van der Waals surface area contributed by atoms with Crippen molar-refractivity contribution in [3.63, 3.8) is 0 Å². The summed E-state index contributed by atoms with van der Waals surface area (Å²) in [7, 11) is 1.28. The number of phenols is 1. The molecule has 1 saturated carbocycles. The summed E-state index contributed by atoms with van der Waals surface area (Å²) < 4.78 is 18.9. The molecular formula is C12H12FNO3. The van der Waals surface area contributed by atoms with Crippen LogP contribution in [0, 0.1) is 5.82 Å². The molecule has 0 unspecified atom stereocenters. The lowest BCUT2D eigenvalue weighted by Crippen LogP contribution is -2.33. The third-order valence-electron chi connectivity index (χ3n) is 3.22. The highest BCUT2D eigenvalue weighted by molar-refractivity contribution is 5.48. The average Bonchev–Trinajstić information content (AvgIpc) is 2.25. The number of aromatic hydroxyl groups is 1. The van der Waals surface area contributed by atoms with Gasteiger partial charge in [0.2, 0.25) is 6.08 Å². The van der Waals surface area contributed by atoms with Gasteiger partial charge >= 0.3 is 0 Å². The van der Waals surface area contributed by atoms with Crippen LogP contribution in [-0.2, 0) is 10.3 Å². The lowest BCUT2D eigenvalue weighted by Gasteiger charge is -2.37. The first kappa shape index (κ1) is 11.6. The Morgan fingerprint density at radius 3 is 2.71 bits per heavy atom. The third-order valence-corrected chi connectivity index (χ3v) is 3.22. The number of benzene rings is 1. The number of hydrogen-bond acceptors (Lipinski definition) is 4. The molecule has 2 rings (SSSR count). The predicted molar refractivity (Wildman–Crippen MR) is 58.3 cm³/mol. The van der Waals surface area contributed by atoms with Crippen molar-refractivity contribution in [1.29, 1.82) is 0 Å². The summed E-state index contributed by atoms with van der Waals surface area (Å²) >= 11 is 0. The fraction of sp³-hybridized carbons (Fsp3) is 0.417. The molecule has 1 N–H and O–H groups in total. The standard InChI is InChI=1S/C12H12FNO3/c1-17-11-9(16)4-3-8(10(11)13)12(14-7-15)5-2-6-12/h3-4,16H,2,5-6H2,1H3. The Labute approximate surface area is 97.7 Å². The molecule has 90 valence electrons. The van der Waals surface area contributed by atoms with E-state index in [4.69, 9.17) is 4.74 Å². The summed E-state index contributed by atoms with van der Waals surface area (Å²) in [6.07, 6.45) is 3.58. The van der Waals surface area contributed by atoms with Crippen molar-refractivity contribution in [2.24, 2.45) is 4.99 Å². The quantitative estimate of drug-likeness (QED) is 0.648. The van der Waals surface area contributed by atoms with E-state index in [1.165, 1.54) is 25.3 Å². The molecule has 0 amide bonds. The predicted octanol–water partition coefficient (Wildman–Crippen LogP) is 2.25. The minimum atomic E-state index is -0.827. The van der Waals surface area contributed by atoms with Gasteiger partial charge in [0.1, 0.15) is 5.54 Å². The second-order valence-corrected chi connectivity index (χ2v) is 4.07. The maximum absolute atomic E-state index is 14.1. The molecule has 4 nitrogen and oxygen atoms in total. The van der Waals surface area contributed by atoms with Crippen molar-refractivity contribution >= 4 is 6.08 Å². The summed E-state index contributed by atoms with van der Waals surface area (Å²) in [5.41, 5.74) is -0.547. The van der Waals surface area contributed by atoms with Crippen LogP contribution in [0.1, 0.15) is 24.8 Å². The first-order chi connectivity index (χ1) is 8.14. The van der Waals surface area contributed by atoms with E-state index < -0.39 is 11.4 Å². The van der Waals surface area contributed by atoms with E-state index in [1.54, 1.807) is 0 Å². The highest BCUT2D eigenvalue weighted by atomic mass is 19.1. The Bertz CT molecular complexity index is 491. The van der Waals surface area contributed by atoms with Gasteiger partial charge in [-0.2, -0.15) is 4.99 Å². The normalized spacial score (nSPS) is 16.8. The second kappa shape index (κ2) is 4.18. The molecular weight excluding hydrogens is 225 g/mol. The highest BCUT2D eigenvalue weighted by Crippen LogP contribution is 2.48. The number of rotatable bonds is 3. The molecule has 0 saturated heterocycles. The van der Waals surface area contributed by atoms with E-state index in [2.05, 4.69) is 4.99 Å². The molecule has 0 heterocycles. The summed E-state index contributed by atoms with van der Waals surface area (Å²) in [5, 5.41) is 9.43. The van der Waals surface area contributed by atoms with E-state index in [-0.39, 0.29) is 17.1 Å². The Kier molecular flexibility index (Phi) is 2.86. The number of carbonyl (C=O) groups excluding carboxylic acids is 1. The average molecular weight is 237 g/mol. The number of aliphatic imine (C=N–C) groups is 1. The first-order valence-corrected chi connectivity index (χ1v) is 5.29. The molecule has 0 bridgehead atoms. The van der Waals surface area contributed by atoms with Gasteiger partial charge in [-0.15, -0.1) is 0 Å². The number of hydrogen-bond donors (Lipinski definition) is 1. The minimum Gasteiger partial charge on any atom is -0.504 e. The van der Waals surface area contributed by atoms with Gasteiger partial charge in [0, 0.05) is 5.56 Å². The molecule has 5 heteroatoms. The zero-order valence-electron chi connectivity index (χ0n) is 9.36. The number of isocyanates is 1. The number of halogens is 1. The third kappa shape index (κ3) is 1.68. The van der Waals surface area contributed by atoms with Crippen molar-refractivity contribution in [1.82, 2.24) is 0 Å². The highest BCUT2D eigenvalue weighted by Gasteiger charge is 2.42. The van der Waals surface area contributed by atoms with Crippen LogP contribution in [0.25, 0.3) is 0 Å². The first-order valence-electron chi connectivity index (χ1n) is 5.29. The summed E-state index contributed by atoms with van der Waals surface area (Å²) in [6, 6.07) is 2.78. The summed E-state index contributed by atoms with van der Waals surface area (Å²) in [6.45, 7) is 0. The van der Waals surface area contributed by atoms with Gasteiger partial charge in [-0.1, -0.05) is 0 Å². The van der Waals surface area contributed by atoms with Crippen LogP contribution >= 0.6 is 0 Å². The molecule has 0 atom stereocenters. The lowest BCUT2D eigenvalue weighted by atomic mass is 9.72. The Hall–Kier alpha value is -1.87. The largest absolute Gasteiger partial charge is 0.504 e. The van der Waals surface area contributed by atoms with Gasteiger partial charge in [-0.3, -0.25) is 0 Å². The van der Waals surface area contributed by atoms with Gasteiger partial charge in [-0.25, -0.2) is 9.18 Å². The van der Waals surface area contributed by atoms with Gasteiger partial charge < -0.3 is 9.84 Å². The Balaban J connectivity index is 2.56. The van der Waals surface area contributed by atoms with E-state index in [0.717, 1.165) is 6.42 Å². The molecule has 17 heavy (non-hydrogen) atoms. The Morgan fingerprint density at radius 2 is 2.24 bits per heavy atom. The molecule has 0 radical (unpaired) electrons. The van der Waals surface area contributed by atoms with Crippen molar-refractivity contribution in [2.75, 3.05) is 7.11 Å². The van der Waals surface area contributed by atoms with Crippen LogP contribution < -0.4 is 4.74 Å². The maximum Gasteiger partial charge on any atom is 0.235 e. The molecule has 1 aliphatic rings. The van der Waals surface area contributed by atoms with Crippen molar-refractivity contribution in [3.8, 4) is 11.5 Å². The SMILES string of the molecule is COc1c(O)ccc(C2(N=C=O)CCC2)c1F. The maximum atomic E-state index is 14.1. The fourth-order valence-corrected chi connectivity index (χ4v) is 2.14. The van der Waals surface area contributed by atoms with Crippen molar-refractivity contribution < 1.29 is 19.0 Å². The van der Waals surface area contributed by atoms with Crippen LogP contribution in [0.15, 0.2) is 17.1 Å². The number of nitrogens with zero attached hydrogens (tertiary/aromatic N) is 1. The van der Waals surface area contributed by atoms with Crippen LogP contribution in [0.3, 0.4) is 0 Å². The zero-order chi connectivity index (χ0) is 12.5. The molecule has 1 aliphatic carbocycles. The van der Waals surface area contributed by atoms with E-state index in [0.29, 0.717) is 12.8 Å². The molecule has 1 aromatic carbocycles. The molecule has 1 fully saturated rings. The van der Waals surface area contributed by atoms with Crippen LogP contribution in [0.5, 0.6) is 11.5 Å². The summed E-state index contributed by atoms with van der Waals surface area (Å²) in [5.74, 6) is -1.14. The van der Waals surface area contributed by atoms with E-state index in [9.17, 15) is 14.3 Å². The Morgan fingerprint density at radius 1 is 1.53 bits per heavy atom. The topological polar surface area (TPSA) is 58.9 Å². The number of phenolic OH excluding ortho intramolecular Hbond substituents is 1. The van der Waals surface area contributed by atoms with Gasteiger partial charge in [0.25, 0.3) is 0 Å². The summed E-state index contributed by atoms with van der Waals surface area (Å²) in [4.78, 5) is 14.1. The minimum absolute atomic E-state index is 0.213. The van der Waals surface area contributed by atoms with Gasteiger partial charge in [-0.05, 0) is 31.4 Å². The van der Waals surface area contributed by atoms with Crippen LogP contribution in [0.2, 0.25) is 0 Å². The zero-order valence-corrected chi connectivity index (χ0v) is 9.36. The fourth-order valence-electron chi connectivity index (χ4n) is 2.14. The molecule has 0 aromatic heterocycles. The molecule has 0 spiro atoms. The van der Waals surface area contributed by atoms with Crippen molar-refractivity contribution in [2.45, 2.75) is 24.8 Å². The smallest absolute Gasteiger partial charge is 0.235 e.